The Hall–Kier alpha value is -1.02. The first-order valence-electron chi connectivity index (χ1n) is 3.92. The predicted octanol–water partition coefficient (Wildman–Crippen LogP) is 0.759. The van der Waals surface area contributed by atoms with Gasteiger partial charge in [0.15, 0.2) is 5.82 Å². The third kappa shape index (κ3) is 1.90. The van der Waals surface area contributed by atoms with Gasteiger partial charge in [0.25, 0.3) is 0 Å². The lowest BCUT2D eigenvalue weighted by molar-refractivity contribution is 0.276. The van der Waals surface area contributed by atoms with E-state index in [0.29, 0.717) is 11.5 Å². The standard InChI is InChI=1S/C8H7IN4O/c9-6-1-11-13(4-6)8-3-10-2-7(5-14)12-8/h1-4,14H,5H2. The molecule has 0 radical (unpaired) electrons. The zero-order valence-corrected chi connectivity index (χ0v) is 9.29. The van der Waals surface area contributed by atoms with Crippen molar-refractivity contribution in [2.24, 2.45) is 0 Å². The Morgan fingerprint density at radius 1 is 1.36 bits per heavy atom. The van der Waals surface area contributed by atoms with E-state index in [4.69, 9.17) is 5.11 Å². The van der Waals surface area contributed by atoms with Crippen molar-refractivity contribution >= 4 is 22.6 Å². The van der Waals surface area contributed by atoms with E-state index < -0.39 is 0 Å². The van der Waals surface area contributed by atoms with Crippen LogP contribution >= 0.6 is 22.6 Å². The first-order valence-corrected chi connectivity index (χ1v) is 5.00. The molecular formula is C8H7IN4O. The van der Waals surface area contributed by atoms with Gasteiger partial charge in [0.2, 0.25) is 0 Å². The molecule has 6 heteroatoms. The molecule has 2 heterocycles. The fourth-order valence-corrected chi connectivity index (χ4v) is 1.40. The van der Waals surface area contributed by atoms with Crippen LogP contribution in [0.15, 0.2) is 24.8 Å². The Morgan fingerprint density at radius 2 is 2.21 bits per heavy atom. The van der Waals surface area contributed by atoms with Crippen LogP contribution in [0.2, 0.25) is 0 Å². The van der Waals surface area contributed by atoms with Crippen molar-refractivity contribution in [1.29, 1.82) is 0 Å². The molecule has 0 aliphatic rings. The molecule has 0 spiro atoms. The van der Waals surface area contributed by atoms with Gasteiger partial charge in [-0.1, -0.05) is 0 Å². The number of hydrogen-bond donors (Lipinski definition) is 1. The molecule has 0 aliphatic carbocycles. The van der Waals surface area contributed by atoms with Gasteiger partial charge in [0, 0.05) is 6.20 Å². The number of aliphatic hydroxyl groups is 1. The van der Waals surface area contributed by atoms with Crippen LogP contribution in [0.3, 0.4) is 0 Å². The average molecular weight is 302 g/mol. The third-order valence-electron chi connectivity index (χ3n) is 1.62. The van der Waals surface area contributed by atoms with Crippen molar-refractivity contribution in [2.75, 3.05) is 0 Å². The van der Waals surface area contributed by atoms with Crippen LogP contribution in [0.5, 0.6) is 0 Å². The maximum absolute atomic E-state index is 8.88. The summed E-state index contributed by atoms with van der Waals surface area (Å²) in [5.41, 5.74) is 0.535. The monoisotopic (exact) mass is 302 g/mol. The van der Waals surface area contributed by atoms with Gasteiger partial charge in [-0.15, -0.1) is 0 Å². The fraction of sp³-hybridized carbons (Fsp3) is 0.125. The molecule has 0 fully saturated rings. The van der Waals surface area contributed by atoms with Crippen molar-refractivity contribution in [3.8, 4) is 5.82 Å². The lowest BCUT2D eigenvalue weighted by Crippen LogP contribution is -2.01. The molecule has 0 bridgehead atoms. The minimum Gasteiger partial charge on any atom is -0.390 e. The van der Waals surface area contributed by atoms with E-state index in [2.05, 4.69) is 37.7 Å². The summed E-state index contributed by atoms with van der Waals surface area (Å²) in [4.78, 5) is 8.11. The molecule has 0 unspecified atom stereocenters. The highest BCUT2D eigenvalue weighted by atomic mass is 127. The molecule has 1 N–H and O–H groups in total. The molecule has 0 aromatic carbocycles. The Balaban J connectivity index is 2.41. The van der Waals surface area contributed by atoms with Crippen LogP contribution in [-0.4, -0.2) is 24.9 Å². The lowest BCUT2D eigenvalue weighted by atomic mass is 10.5. The third-order valence-corrected chi connectivity index (χ3v) is 2.18. The highest BCUT2D eigenvalue weighted by molar-refractivity contribution is 14.1. The summed E-state index contributed by atoms with van der Waals surface area (Å²) >= 11 is 2.16. The molecule has 0 atom stereocenters. The van der Waals surface area contributed by atoms with E-state index in [9.17, 15) is 0 Å². The summed E-state index contributed by atoms with van der Waals surface area (Å²) in [5.74, 6) is 0.611. The predicted molar refractivity (Wildman–Crippen MR) is 57.8 cm³/mol. The Kier molecular flexibility index (Phi) is 2.73. The van der Waals surface area contributed by atoms with E-state index in [1.165, 1.54) is 6.20 Å². The van der Waals surface area contributed by atoms with Crippen molar-refractivity contribution in [3.63, 3.8) is 0 Å². The van der Waals surface area contributed by atoms with Gasteiger partial charge in [0.05, 0.1) is 34.5 Å². The number of aliphatic hydroxyl groups excluding tert-OH is 1. The second-order valence-corrected chi connectivity index (χ2v) is 3.88. The van der Waals surface area contributed by atoms with Gasteiger partial charge in [-0.25, -0.2) is 9.67 Å². The summed E-state index contributed by atoms with van der Waals surface area (Å²) in [6, 6.07) is 0. The molecule has 0 aliphatic heterocycles. The zero-order valence-electron chi connectivity index (χ0n) is 7.13. The fourth-order valence-electron chi connectivity index (χ4n) is 1.01. The number of aromatic nitrogens is 4. The van der Waals surface area contributed by atoms with Crippen LogP contribution in [0.1, 0.15) is 5.69 Å². The maximum atomic E-state index is 8.88. The zero-order chi connectivity index (χ0) is 9.97. The molecule has 14 heavy (non-hydrogen) atoms. The Labute approximate surface area is 94.0 Å². The van der Waals surface area contributed by atoms with Crippen LogP contribution in [0.4, 0.5) is 0 Å². The molecule has 2 aromatic rings. The topological polar surface area (TPSA) is 63.8 Å². The molecule has 0 saturated carbocycles. The number of nitrogens with zero attached hydrogens (tertiary/aromatic N) is 4. The summed E-state index contributed by atoms with van der Waals surface area (Å²) in [6.45, 7) is -0.112. The van der Waals surface area contributed by atoms with Crippen LogP contribution in [0.25, 0.3) is 5.82 Å². The van der Waals surface area contributed by atoms with E-state index in [0.717, 1.165) is 3.57 Å². The number of halogens is 1. The minimum absolute atomic E-state index is 0.112. The van der Waals surface area contributed by atoms with Crippen molar-refractivity contribution in [3.05, 3.63) is 34.1 Å². The smallest absolute Gasteiger partial charge is 0.172 e. The van der Waals surface area contributed by atoms with Gasteiger partial charge in [0.1, 0.15) is 0 Å². The molecule has 0 saturated heterocycles. The summed E-state index contributed by atoms with van der Waals surface area (Å²) in [5, 5.41) is 13.0. The molecule has 2 aromatic heterocycles. The maximum Gasteiger partial charge on any atom is 0.172 e. The molecule has 0 amide bonds. The van der Waals surface area contributed by atoms with Gasteiger partial charge in [-0.3, -0.25) is 4.98 Å². The van der Waals surface area contributed by atoms with Gasteiger partial charge >= 0.3 is 0 Å². The van der Waals surface area contributed by atoms with Crippen molar-refractivity contribution in [1.82, 2.24) is 19.7 Å². The van der Waals surface area contributed by atoms with E-state index in [1.807, 2.05) is 6.20 Å². The largest absolute Gasteiger partial charge is 0.390 e. The SMILES string of the molecule is OCc1cncc(-n2cc(I)cn2)n1. The van der Waals surface area contributed by atoms with Gasteiger partial charge < -0.3 is 5.11 Å². The minimum atomic E-state index is -0.112. The second-order valence-electron chi connectivity index (χ2n) is 2.63. The summed E-state index contributed by atoms with van der Waals surface area (Å²) in [6.07, 6.45) is 6.69. The van der Waals surface area contributed by atoms with Gasteiger partial charge in [-0.2, -0.15) is 5.10 Å². The molecule has 2 rings (SSSR count). The summed E-state index contributed by atoms with van der Waals surface area (Å²) in [7, 11) is 0. The van der Waals surface area contributed by atoms with Crippen LogP contribution < -0.4 is 0 Å². The molecule has 5 nitrogen and oxygen atoms in total. The van der Waals surface area contributed by atoms with Crippen LogP contribution in [-0.2, 0) is 6.61 Å². The van der Waals surface area contributed by atoms with E-state index >= 15 is 0 Å². The summed E-state index contributed by atoms with van der Waals surface area (Å²) < 4.78 is 2.65. The van der Waals surface area contributed by atoms with Gasteiger partial charge in [-0.05, 0) is 22.6 Å². The highest BCUT2D eigenvalue weighted by Crippen LogP contribution is 2.06. The highest BCUT2D eigenvalue weighted by Gasteiger charge is 2.01. The molecular weight excluding hydrogens is 295 g/mol. The number of hydrogen-bond acceptors (Lipinski definition) is 4. The van der Waals surface area contributed by atoms with Crippen LogP contribution in [0, 0.1) is 3.57 Å². The van der Waals surface area contributed by atoms with E-state index in [1.54, 1.807) is 17.1 Å². The Bertz CT molecular complexity index is 442. The number of rotatable bonds is 2. The van der Waals surface area contributed by atoms with Crippen molar-refractivity contribution in [2.45, 2.75) is 6.61 Å². The Morgan fingerprint density at radius 3 is 2.86 bits per heavy atom. The molecule has 72 valence electrons. The second kappa shape index (κ2) is 4.01. The van der Waals surface area contributed by atoms with Crippen molar-refractivity contribution < 1.29 is 5.11 Å². The average Bonchev–Trinajstić information content (AvgIpc) is 2.65. The first kappa shape index (κ1) is 9.53. The van der Waals surface area contributed by atoms with E-state index in [-0.39, 0.29) is 6.61 Å². The first-order chi connectivity index (χ1) is 6.79. The quantitative estimate of drug-likeness (QED) is 0.832. The normalized spacial score (nSPS) is 10.4. The lowest BCUT2D eigenvalue weighted by Gasteiger charge is -2.00.